The SMILES string of the molecule is C[n+]1cccc(C2=NCCCC2)c1. The van der Waals surface area contributed by atoms with Crippen molar-refractivity contribution in [2.45, 2.75) is 19.3 Å². The van der Waals surface area contributed by atoms with Gasteiger partial charge in [0.15, 0.2) is 12.4 Å². The average Bonchev–Trinajstić information content (AvgIpc) is 2.19. The minimum absolute atomic E-state index is 1.01. The van der Waals surface area contributed by atoms with Crippen LogP contribution < -0.4 is 4.57 Å². The Hall–Kier alpha value is -1.18. The Morgan fingerprint density at radius 2 is 2.31 bits per heavy atom. The van der Waals surface area contributed by atoms with Gasteiger partial charge >= 0.3 is 0 Å². The summed E-state index contributed by atoms with van der Waals surface area (Å²) in [5, 5.41) is 0. The van der Waals surface area contributed by atoms with Gasteiger partial charge in [-0.2, -0.15) is 0 Å². The second kappa shape index (κ2) is 3.69. The maximum absolute atomic E-state index is 4.54. The van der Waals surface area contributed by atoms with E-state index in [9.17, 15) is 0 Å². The van der Waals surface area contributed by atoms with E-state index in [1.165, 1.54) is 24.1 Å². The normalized spacial score (nSPS) is 16.8. The highest BCUT2D eigenvalue weighted by molar-refractivity contribution is 6.00. The van der Waals surface area contributed by atoms with Crippen molar-refractivity contribution in [3.05, 3.63) is 30.1 Å². The Bertz CT molecular complexity index is 329. The van der Waals surface area contributed by atoms with Crippen LogP contribution in [0.15, 0.2) is 29.5 Å². The molecule has 0 aromatic carbocycles. The molecular formula is C11H15N2+. The lowest BCUT2D eigenvalue weighted by Crippen LogP contribution is -2.28. The highest BCUT2D eigenvalue weighted by atomic mass is 14.9. The summed E-state index contributed by atoms with van der Waals surface area (Å²) in [4.78, 5) is 4.54. The maximum atomic E-state index is 4.54. The van der Waals surface area contributed by atoms with Crippen molar-refractivity contribution >= 4 is 5.71 Å². The van der Waals surface area contributed by atoms with E-state index in [1.54, 1.807) is 0 Å². The molecule has 13 heavy (non-hydrogen) atoms. The van der Waals surface area contributed by atoms with Crippen molar-refractivity contribution in [1.29, 1.82) is 0 Å². The molecule has 0 fully saturated rings. The molecule has 2 heterocycles. The van der Waals surface area contributed by atoms with Crippen LogP contribution in [0.25, 0.3) is 0 Å². The summed E-state index contributed by atoms with van der Waals surface area (Å²) >= 11 is 0. The van der Waals surface area contributed by atoms with E-state index in [2.05, 4.69) is 27.9 Å². The molecule has 0 bridgehead atoms. The maximum Gasteiger partial charge on any atom is 0.177 e. The lowest BCUT2D eigenvalue weighted by Gasteiger charge is -2.10. The van der Waals surface area contributed by atoms with Gasteiger partial charge in [-0.25, -0.2) is 4.57 Å². The fourth-order valence-corrected chi connectivity index (χ4v) is 1.69. The summed E-state index contributed by atoms with van der Waals surface area (Å²) in [6.45, 7) is 1.01. The Morgan fingerprint density at radius 1 is 1.38 bits per heavy atom. The molecule has 0 saturated heterocycles. The predicted octanol–water partition coefficient (Wildman–Crippen LogP) is 1.48. The monoisotopic (exact) mass is 175 g/mol. The molecular weight excluding hydrogens is 160 g/mol. The minimum atomic E-state index is 1.01. The molecule has 68 valence electrons. The molecule has 0 radical (unpaired) electrons. The summed E-state index contributed by atoms with van der Waals surface area (Å²) in [5.74, 6) is 0. The van der Waals surface area contributed by atoms with Crippen molar-refractivity contribution in [1.82, 2.24) is 0 Å². The molecule has 2 heteroatoms. The first-order chi connectivity index (χ1) is 6.36. The Kier molecular flexibility index (Phi) is 2.39. The number of rotatable bonds is 1. The Morgan fingerprint density at radius 3 is 3.00 bits per heavy atom. The van der Waals surface area contributed by atoms with Gasteiger partial charge in [0.05, 0.1) is 5.56 Å². The average molecular weight is 175 g/mol. The van der Waals surface area contributed by atoms with Gasteiger partial charge in [-0.15, -0.1) is 0 Å². The van der Waals surface area contributed by atoms with Crippen LogP contribution in [0.4, 0.5) is 0 Å². The van der Waals surface area contributed by atoms with Crippen LogP contribution >= 0.6 is 0 Å². The number of hydrogen-bond donors (Lipinski definition) is 0. The summed E-state index contributed by atoms with van der Waals surface area (Å²) in [6.07, 6.45) is 7.88. The number of nitrogens with zero attached hydrogens (tertiary/aromatic N) is 2. The van der Waals surface area contributed by atoms with Crippen LogP contribution in [-0.2, 0) is 7.05 Å². The fraction of sp³-hybridized carbons (Fsp3) is 0.455. The zero-order valence-corrected chi connectivity index (χ0v) is 8.03. The smallest absolute Gasteiger partial charge is 0.177 e. The van der Waals surface area contributed by atoms with Crippen LogP contribution in [0.3, 0.4) is 0 Å². The molecule has 1 aliphatic rings. The molecule has 0 spiro atoms. The molecule has 1 aliphatic heterocycles. The third-order valence-electron chi connectivity index (χ3n) is 2.40. The highest BCUT2D eigenvalue weighted by Crippen LogP contribution is 2.11. The van der Waals surface area contributed by atoms with Gasteiger partial charge in [0.2, 0.25) is 0 Å². The van der Waals surface area contributed by atoms with E-state index in [1.807, 2.05) is 13.2 Å². The number of aliphatic imine (C=N–C) groups is 1. The third kappa shape index (κ3) is 1.94. The number of aryl methyl sites for hydroxylation is 1. The number of pyridine rings is 1. The molecule has 1 aromatic rings. The van der Waals surface area contributed by atoms with Crippen LogP contribution in [-0.4, -0.2) is 12.3 Å². The lowest BCUT2D eigenvalue weighted by molar-refractivity contribution is -0.671. The lowest BCUT2D eigenvalue weighted by atomic mass is 10.0. The van der Waals surface area contributed by atoms with Gasteiger partial charge < -0.3 is 0 Å². The molecule has 0 unspecified atom stereocenters. The largest absolute Gasteiger partial charge is 0.289 e. The van der Waals surface area contributed by atoms with Crippen LogP contribution in [0.1, 0.15) is 24.8 Å². The van der Waals surface area contributed by atoms with Crippen LogP contribution in [0.2, 0.25) is 0 Å². The van der Waals surface area contributed by atoms with Crippen molar-refractivity contribution in [2.24, 2.45) is 12.0 Å². The van der Waals surface area contributed by atoms with Gasteiger partial charge in [0, 0.05) is 18.3 Å². The van der Waals surface area contributed by atoms with Gasteiger partial charge in [0.1, 0.15) is 7.05 Å². The first-order valence-electron chi connectivity index (χ1n) is 4.85. The summed E-state index contributed by atoms with van der Waals surface area (Å²) < 4.78 is 2.08. The van der Waals surface area contributed by atoms with Gasteiger partial charge in [-0.05, 0) is 25.3 Å². The summed E-state index contributed by atoms with van der Waals surface area (Å²) in [5.41, 5.74) is 2.56. The van der Waals surface area contributed by atoms with Gasteiger partial charge in [0.25, 0.3) is 0 Å². The first kappa shape index (κ1) is 8.42. The van der Waals surface area contributed by atoms with Crippen molar-refractivity contribution in [3.8, 4) is 0 Å². The number of aromatic nitrogens is 1. The highest BCUT2D eigenvalue weighted by Gasteiger charge is 2.09. The molecule has 0 aliphatic carbocycles. The van der Waals surface area contributed by atoms with E-state index in [-0.39, 0.29) is 0 Å². The molecule has 0 N–H and O–H groups in total. The zero-order valence-electron chi connectivity index (χ0n) is 8.03. The Balaban J connectivity index is 2.29. The molecule has 0 amide bonds. The number of hydrogen-bond acceptors (Lipinski definition) is 1. The second-order valence-corrected chi connectivity index (χ2v) is 3.54. The quantitative estimate of drug-likeness (QED) is 0.575. The predicted molar refractivity (Wildman–Crippen MR) is 52.9 cm³/mol. The standard InChI is InChI=1S/C11H15N2/c1-13-8-4-5-10(9-13)11-6-2-3-7-12-11/h4-5,8-9H,2-3,6-7H2,1H3/q+1. The van der Waals surface area contributed by atoms with E-state index in [0.29, 0.717) is 0 Å². The molecule has 0 atom stereocenters. The van der Waals surface area contributed by atoms with Crippen molar-refractivity contribution in [3.63, 3.8) is 0 Å². The van der Waals surface area contributed by atoms with Crippen molar-refractivity contribution in [2.75, 3.05) is 6.54 Å². The Labute approximate surface area is 78.9 Å². The molecule has 2 rings (SSSR count). The molecule has 2 nitrogen and oxygen atoms in total. The van der Waals surface area contributed by atoms with Crippen molar-refractivity contribution < 1.29 is 4.57 Å². The van der Waals surface area contributed by atoms with Crippen LogP contribution in [0, 0.1) is 0 Å². The van der Waals surface area contributed by atoms with Crippen LogP contribution in [0.5, 0.6) is 0 Å². The minimum Gasteiger partial charge on any atom is -0.289 e. The van der Waals surface area contributed by atoms with Gasteiger partial charge in [-0.3, -0.25) is 4.99 Å². The van der Waals surface area contributed by atoms with E-state index < -0.39 is 0 Å². The van der Waals surface area contributed by atoms with E-state index >= 15 is 0 Å². The topological polar surface area (TPSA) is 16.2 Å². The molecule has 0 saturated carbocycles. The zero-order chi connectivity index (χ0) is 9.10. The fourth-order valence-electron chi connectivity index (χ4n) is 1.69. The second-order valence-electron chi connectivity index (χ2n) is 3.54. The molecule has 1 aromatic heterocycles. The first-order valence-corrected chi connectivity index (χ1v) is 4.85. The summed E-state index contributed by atoms with van der Waals surface area (Å²) in [6, 6.07) is 4.22. The third-order valence-corrected chi connectivity index (χ3v) is 2.40. The van der Waals surface area contributed by atoms with E-state index in [0.717, 1.165) is 13.0 Å². The van der Waals surface area contributed by atoms with Gasteiger partial charge in [-0.1, -0.05) is 0 Å². The van der Waals surface area contributed by atoms with E-state index in [4.69, 9.17) is 0 Å². The summed E-state index contributed by atoms with van der Waals surface area (Å²) in [7, 11) is 2.05.